The number of nitrogens with zero attached hydrogens (tertiary/aromatic N) is 4. The van der Waals surface area contributed by atoms with Crippen LogP contribution in [0, 0.1) is 6.92 Å². The van der Waals surface area contributed by atoms with Gasteiger partial charge in [-0.2, -0.15) is 5.10 Å². The van der Waals surface area contributed by atoms with Crippen LogP contribution in [0.1, 0.15) is 31.9 Å². The van der Waals surface area contributed by atoms with E-state index in [0.29, 0.717) is 17.2 Å². The Balaban J connectivity index is 1.30. The summed E-state index contributed by atoms with van der Waals surface area (Å²) in [5.41, 5.74) is 3.09. The molecule has 0 spiro atoms. The summed E-state index contributed by atoms with van der Waals surface area (Å²) in [6.45, 7) is 11.3. The lowest BCUT2D eigenvalue weighted by Gasteiger charge is -2.25. The van der Waals surface area contributed by atoms with Crippen LogP contribution >= 0.6 is 0 Å². The van der Waals surface area contributed by atoms with Gasteiger partial charge in [0.1, 0.15) is 22.5 Å². The molecule has 1 fully saturated rings. The van der Waals surface area contributed by atoms with Crippen LogP contribution in [0.5, 0.6) is 11.5 Å². The van der Waals surface area contributed by atoms with E-state index in [1.807, 2.05) is 64.6 Å². The summed E-state index contributed by atoms with van der Waals surface area (Å²) in [4.78, 5) is 17.8. The number of anilines is 1. The van der Waals surface area contributed by atoms with Gasteiger partial charge in [0, 0.05) is 44.0 Å². The van der Waals surface area contributed by atoms with Crippen molar-refractivity contribution in [1.29, 1.82) is 0 Å². The van der Waals surface area contributed by atoms with Crippen LogP contribution in [0.15, 0.2) is 66.0 Å². The maximum Gasteiger partial charge on any atom is 0.228 e. The van der Waals surface area contributed by atoms with Gasteiger partial charge in [-0.25, -0.2) is 8.51 Å². The number of aromatic nitrogens is 3. The number of carbonyl (C=O) groups is 1. The predicted molar refractivity (Wildman–Crippen MR) is 153 cm³/mol. The quantitative estimate of drug-likeness (QED) is 0.356. The first-order valence-electron chi connectivity index (χ1n) is 13.1. The van der Waals surface area contributed by atoms with Crippen molar-refractivity contribution in [3.8, 4) is 11.5 Å². The van der Waals surface area contributed by atoms with E-state index in [9.17, 15) is 9.00 Å². The van der Waals surface area contributed by atoms with E-state index in [-0.39, 0.29) is 17.9 Å². The normalized spacial score (nSPS) is 15.3. The average molecular weight is 547 g/mol. The van der Waals surface area contributed by atoms with E-state index >= 15 is 0 Å². The fraction of sp³-hybridized carbons (Fsp3) is 0.345. The molecule has 2 aromatic carbocycles. The predicted octanol–water partition coefficient (Wildman–Crippen LogP) is 4.40. The van der Waals surface area contributed by atoms with Crippen LogP contribution < -0.4 is 15.4 Å². The Kier molecular flexibility index (Phi) is 7.79. The molecule has 0 bridgehead atoms. The maximum absolute atomic E-state index is 13.2. The molecule has 204 valence electrons. The minimum Gasteiger partial charge on any atom is -0.456 e. The molecule has 1 unspecified atom stereocenters. The van der Waals surface area contributed by atoms with Crippen molar-refractivity contribution < 1.29 is 13.7 Å². The highest BCUT2D eigenvalue weighted by molar-refractivity contribution is 7.82. The minimum atomic E-state index is -1.25. The Hall–Kier alpha value is -3.60. The molecule has 0 saturated carbocycles. The highest BCUT2D eigenvalue weighted by Crippen LogP contribution is 2.32. The summed E-state index contributed by atoms with van der Waals surface area (Å²) in [6.07, 6.45) is 5.45. The second-order valence-corrected chi connectivity index (χ2v) is 12.2. The van der Waals surface area contributed by atoms with E-state index in [2.05, 4.69) is 41.5 Å². The monoisotopic (exact) mass is 546 g/mol. The fourth-order valence-electron chi connectivity index (χ4n) is 4.46. The lowest BCUT2D eigenvalue weighted by molar-refractivity contribution is -0.115. The number of benzene rings is 2. The van der Waals surface area contributed by atoms with E-state index in [1.54, 1.807) is 12.4 Å². The number of hydrogen-bond acceptors (Lipinski definition) is 6. The molecular formula is C29H34N6O3S. The first-order chi connectivity index (χ1) is 18.7. The van der Waals surface area contributed by atoms with Gasteiger partial charge in [0.05, 0.1) is 34.3 Å². The van der Waals surface area contributed by atoms with Crippen LogP contribution in [-0.4, -0.2) is 55.4 Å². The zero-order chi connectivity index (χ0) is 27.6. The topological polar surface area (TPSA) is 101 Å². The third kappa shape index (κ3) is 6.35. The Morgan fingerprint density at radius 2 is 1.90 bits per heavy atom. The number of pyridine rings is 1. The van der Waals surface area contributed by atoms with Gasteiger partial charge in [-0.1, -0.05) is 12.1 Å². The van der Waals surface area contributed by atoms with Crippen LogP contribution in [-0.2, 0) is 27.7 Å². The van der Waals surface area contributed by atoms with Crippen molar-refractivity contribution in [2.75, 3.05) is 31.5 Å². The molecule has 2 N–H and O–H groups in total. The van der Waals surface area contributed by atoms with Gasteiger partial charge < -0.3 is 15.4 Å². The van der Waals surface area contributed by atoms with Gasteiger partial charge in [0.15, 0.2) is 0 Å². The van der Waals surface area contributed by atoms with E-state index < -0.39 is 11.0 Å². The van der Waals surface area contributed by atoms with E-state index in [4.69, 9.17) is 4.74 Å². The van der Waals surface area contributed by atoms with Crippen LogP contribution in [0.3, 0.4) is 0 Å². The average Bonchev–Trinajstić information content (AvgIpc) is 3.39. The van der Waals surface area contributed by atoms with Gasteiger partial charge in [0.25, 0.3) is 0 Å². The Morgan fingerprint density at radius 3 is 2.62 bits per heavy atom. The number of nitrogens with one attached hydrogen (secondary N) is 2. The first kappa shape index (κ1) is 27.0. The van der Waals surface area contributed by atoms with Crippen molar-refractivity contribution in [2.24, 2.45) is 0 Å². The zero-order valence-electron chi connectivity index (χ0n) is 22.7. The highest BCUT2D eigenvalue weighted by Gasteiger charge is 2.19. The molecule has 0 aliphatic carbocycles. The number of ether oxygens (including phenoxy) is 1. The molecule has 39 heavy (non-hydrogen) atoms. The number of aryl methyl sites for hydroxylation is 1. The van der Waals surface area contributed by atoms with Crippen molar-refractivity contribution in [3.63, 3.8) is 0 Å². The lowest BCUT2D eigenvalue weighted by atomic mass is 10.1. The summed E-state index contributed by atoms with van der Waals surface area (Å²) < 4.78 is 23.3. The second kappa shape index (κ2) is 11.3. The SMILES string of the molecule is Cc1cc(CC(=O)Nc2cnn(C(C)(C)C)c2)ccc1Oc1ccnc2ccc(S(=O)N3CCNCC3)cc12. The Morgan fingerprint density at radius 1 is 1.10 bits per heavy atom. The first-order valence-corrected chi connectivity index (χ1v) is 14.2. The summed E-state index contributed by atoms with van der Waals surface area (Å²) in [5.74, 6) is 1.22. The molecule has 3 heterocycles. The number of amides is 1. The third-order valence-electron chi connectivity index (χ3n) is 6.56. The maximum atomic E-state index is 13.2. The Labute approximate surface area is 231 Å². The molecule has 9 nitrogen and oxygen atoms in total. The van der Waals surface area contributed by atoms with E-state index in [0.717, 1.165) is 53.1 Å². The largest absolute Gasteiger partial charge is 0.456 e. The highest BCUT2D eigenvalue weighted by atomic mass is 32.2. The van der Waals surface area contributed by atoms with Gasteiger partial charge in [-0.15, -0.1) is 0 Å². The summed E-state index contributed by atoms with van der Waals surface area (Å²) in [6, 6.07) is 13.2. The molecule has 1 atom stereocenters. The smallest absolute Gasteiger partial charge is 0.228 e. The number of rotatable bonds is 7. The lowest BCUT2D eigenvalue weighted by Crippen LogP contribution is -2.44. The zero-order valence-corrected chi connectivity index (χ0v) is 23.5. The van der Waals surface area contributed by atoms with Crippen molar-refractivity contribution in [2.45, 2.75) is 44.6 Å². The van der Waals surface area contributed by atoms with Crippen molar-refractivity contribution in [3.05, 3.63) is 72.2 Å². The summed E-state index contributed by atoms with van der Waals surface area (Å²) >= 11 is 0. The Bertz CT molecular complexity index is 1520. The third-order valence-corrected chi connectivity index (χ3v) is 8.05. The summed E-state index contributed by atoms with van der Waals surface area (Å²) in [7, 11) is -1.25. The summed E-state index contributed by atoms with van der Waals surface area (Å²) in [5, 5.41) is 11.3. The fourth-order valence-corrected chi connectivity index (χ4v) is 5.67. The van der Waals surface area contributed by atoms with Crippen LogP contribution in [0.25, 0.3) is 10.9 Å². The minimum absolute atomic E-state index is 0.110. The molecule has 1 saturated heterocycles. The molecule has 1 aliphatic rings. The van der Waals surface area contributed by atoms with E-state index in [1.165, 1.54) is 0 Å². The molecule has 10 heteroatoms. The van der Waals surface area contributed by atoms with Gasteiger partial charge in [-0.05, 0) is 69.2 Å². The molecule has 5 rings (SSSR count). The number of piperazine rings is 1. The van der Waals surface area contributed by atoms with Gasteiger partial charge in [-0.3, -0.25) is 14.5 Å². The molecule has 1 aliphatic heterocycles. The van der Waals surface area contributed by atoms with Crippen molar-refractivity contribution >= 4 is 33.5 Å². The van der Waals surface area contributed by atoms with Crippen molar-refractivity contribution in [1.82, 2.24) is 24.4 Å². The van der Waals surface area contributed by atoms with Crippen LogP contribution in [0.4, 0.5) is 5.69 Å². The second-order valence-electron chi connectivity index (χ2n) is 10.7. The number of carbonyl (C=O) groups excluding carboxylic acids is 1. The standard InChI is InChI=1S/C29H34N6O3S/c1-20-15-21(16-28(36)33-22-18-32-35(19-22)29(2,3)4)5-8-26(20)38-27-9-10-31-25-7-6-23(17-24(25)27)39(37)34-13-11-30-12-14-34/h5-10,15,17-19,30H,11-14,16H2,1-4H3,(H,33,36). The molecule has 4 aromatic rings. The number of hydrogen-bond donors (Lipinski definition) is 2. The molecule has 2 aromatic heterocycles. The van der Waals surface area contributed by atoms with Gasteiger partial charge in [0.2, 0.25) is 5.91 Å². The molecular weight excluding hydrogens is 512 g/mol. The number of fused-ring (bicyclic) bond motifs is 1. The van der Waals surface area contributed by atoms with Gasteiger partial charge >= 0.3 is 0 Å². The molecule has 1 amide bonds. The van der Waals surface area contributed by atoms with Crippen LogP contribution in [0.2, 0.25) is 0 Å². The molecule has 0 radical (unpaired) electrons.